The summed E-state index contributed by atoms with van der Waals surface area (Å²) in [6, 6.07) is 5.31. The minimum absolute atomic E-state index is 0.0317. The number of carbonyl (C=O) groups excluding carboxylic acids is 1. The molecular formula is C18H26N2O4S. The van der Waals surface area contributed by atoms with Gasteiger partial charge in [-0.2, -0.15) is 4.31 Å². The van der Waals surface area contributed by atoms with E-state index < -0.39 is 21.2 Å². The first-order chi connectivity index (χ1) is 11.4. The fraction of sp³-hybridized carbons (Fsp3) is 0.611. The molecule has 0 unspecified atom stereocenters. The van der Waals surface area contributed by atoms with Crippen molar-refractivity contribution in [3.8, 4) is 5.75 Å². The van der Waals surface area contributed by atoms with E-state index in [1.807, 2.05) is 33.8 Å². The first kappa shape index (κ1) is 18.2. The molecule has 1 saturated heterocycles. The Hall–Kier alpha value is -1.60. The zero-order valence-electron chi connectivity index (χ0n) is 15.5. The summed E-state index contributed by atoms with van der Waals surface area (Å²) in [6.07, 6.45) is 0.688. The molecule has 0 aromatic heterocycles. The predicted octanol–water partition coefficient (Wildman–Crippen LogP) is 2.03. The number of carbonyl (C=O) groups is 1. The number of para-hydroxylation sites is 1. The van der Waals surface area contributed by atoms with Crippen LogP contribution in [0.1, 0.15) is 40.2 Å². The van der Waals surface area contributed by atoms with Gasteiger partial charge < -0.3 is 9.64 Å². The molecule has 1 aromatic carbocycles. The van der Waals surface area contributed by atoms with Gasteiger partial charge in [0.25, 0.3) is 0 Å². The molecule has 0 bridgehead atoms. The summed E-state index contributed by atoms with van der Waals surface area (Å²) in [5, 5.41) is 0. The Labute approximate surface area is 149 Å². The maximum absolute atomic E-state index is 13.4. The number of rotatable bonds is 2. The van der Waals surface area contributed by atoms with Crippen LogP contribution in [-0.4, -0.2) is 54.3 Å². The van der Waals surface area contributed by atoms with Crippen LogP contribution in [0.5, 0.6) is 5.75 Å². The highest BCUT2D eigenvalue weighted by Gasteiger charge is 2.44. The maximum atomic E-state index is 13.4. The van der Waals surface area contributed by atoms with Crippen molar-refractivity contribution in [1.82, 2.24) is 9.21 Å². The molecule has 6 nitrogen and oxygen atoms in total. The van der Waals surface area contributed by atoms with Gasteiger partial charge in [0, 0.05) is 38.5 Å². The van der Waals surface area contributed by atoms with Gasteiger partial charge in [-0.1, -0.05) is 12.1 Å². The zero-order valence-corrected chi connectivity index (χ0v) is 16.3. The lowest BCUT2D eigenvalue weighted by molar-refractivity contribution is -0.132. The van der Waals surface area contributed by atoms with Crippen LogP contribution in [0.2, 0.25) is 0 Å². The van der Waals surface area contributed by atoms with Crippen molar-refractivity contribution in [2.24, 2.45) is 0 Å². The molecule has 138 valence electrons. The van der Waals surface area contributed by atoms with Crippen LogP contribution in [0.25, 0.3) is 0 Å². The number of hydrogen-bond donors (Lipinski definition) is 0. The lowest BCUT2D eigenvalue weighted by atomic mass is 10.0. The highest BCUT2D eigenvalue weighted by atomic mass is 32.2. The first-order valence-corrected chi connectivity index (χ1v) is 9.97. The number of piperazine rings is 1. The highest BCUT2D eigenvalue weighted by Crippen LogP contribution is 2.41. The second-order valence-corrected chi connectivity index (χ2v) is 9.94. The Morgan fingerprint density at radius 2 is 1.84 bits per heavy atom. The molecule has 0 saturated carbocycles. The Morgan fingerprint density at radius 3 is 2.44 bits per heavy atom. The minimum atomic E-state index is -3.72. The van der Waals surface area contributed by atoms with Crippen molar-refractivity contribution < 1.29 is 17.9 Å². The van der Waals surface area contributed by atoms with Crippen molar-refractivity contribution in [2.75, 3.05) is 19.6 Å². The molecule has 0 N–H and O–H groups in total. The smallest absolute Gasteiger partial charge is 0.247 e. The third-order valence-electron chi connectivity index (χ3n) is 4.89. The summed E-state index contributed by atoms with van der Waals surface area (Å²) in [6.45, 7) is 10.2. The monoisotopic (exact) mass is 366 g/mol. The van der Waals surface area contributed by atoms with Gasteiger partial charge in [0.2, 0.25) is 15.9 Å². The Bertz CT molecular complexity index is 814. The van der Waals surface area contributed by atoms with Gasteiger partial charge in [0.1, 0.15) is 16.2 Å². The zero-order chi connectivity index (χ0) is 18.6. The lowest BCUT2D eigenvalue weighted by Gasteiger charge is -2.45. The molecule has 2 heterocycles. The predicted molar refractivity (Wildman–Crippen MR) is 95.1 cm³/mol. The molecule has 3 rings (SSSR count). The molecule has 2 aliphatic heterocycles. The molecule has 2 aliphatic rings. The topological polar surface area (TPSA) is 66.9 Å². The second-order valence-electron chi connectivity index (χ2n) is 8.11. The number of fused-ring (bicyclic) bond motifs is 1. The van der Waals surface area contributed by atoms with Crippen LogP contribution in [0.15, 0.2) is 23.1 Å². The molecule has 7 heteroatoms. The van der Waals surface area contributed by atoms with Crippen molar-refractivity contribution in [3.05, 3.63) is 23.8 Å². The first-order valence-electron chi connectivity index (χ1n) is 8.53. The Morgan fingerprint density at radius 1 is 1.16 bits per heavy atom. The summed E-state index contributed by atoms with van der Waals surface area (Å²) in [7, 11) is -3.72. The fourth-order valence-electron chi connectivity index (χ4n) is 3.76. The van der Waals surface area contributed by atoms with Gasteiger partial charge in [-0.15, -0.1) is 0 Å². The molecule has 1 amide bonds. The number of sulfonamides is 1. The fourth-order valence-corrected chi connectivity index (χ4v) is 5.69. The molecule has 1 aromatic rings. The number of amides is 1. The molecule has 25 heavy (non-hydrogen) atoms. The van der Waals surface area contributed by atoms with E-state index >= 15 is 0 Å². The molecule has 0 spiro atoms. The number of benzene rings is 1. The minimum Gasteiger partial charge on any atom is -0.486 e. The van der Waals surface area contributed by atoms with E-state index in [1.165, 1.54) is 11.2 Å². The number of hydrogen-bond acceptors (Lipinski definition) is 4. The van der Waals surface area contributed by atoms with E-state index in [0.29, 0.717) is 25.3 Å². The van der Waals surface area contributed by atoms with Gasteiger partial charge in [0.05, 0.1) is 0 Å². The number of nitrogens with zero attached hydrogens (tertiary/aromatic N) is 2. The van der Waals surface area contributed by atoms with Crippen LogP contribution in [0, 0.1) is 0 Å². The molecular weight excluding hydrogens is 340 g/mol. The maximum Gasteiger partial charge on any atom is 0.247 e. The van der Waals surface area contributed by atoms with Gasteiger partial charge >= 0.3 is 0 Å². The normalized spacial score (nSPS) is 22.4. The average molecular weight is 366 g/mol. The average Bonchev–Trinajstić information content (AvgIpc) is 2.78. The van der Waals surface area contributed by atoms with Crippen molar-refractivity contribution >= 4 is 15.9 Å². The van der Waals surface area contributed by atoms with Gasteiger partial charge in [0.15, 0.2) is 0 Å². The van der Waals surface area contributed by atoms with E-state index in [1.54, 1.807) is 17.0 Å². The van der Waals surface area contributed by atoms with E-state index in [4.69, 9.17) is 4.74 Å². The lowest BCUT2D eigenvalue weighted by Crippen LogP contribution is -2.61. The van der Waals surface area contributed by atoms with Crippen LogP contribution in [-0.2, 0) is 21.2 Å². The van der Waals surface area contributed by atoms with E-state index in [9.17, 15) is 13.2 Å². The Kier molecular flexibility index (Phi) is 4.15. The summed E-state index contributed by atoms with van der Waals surface area (Å²) >= 11 is 0. The van der Waals surface area contributed by atoms with Crippen LogP contribution < -0.4 is 4.74 Å². The largest absolute Gasteiger partial charge is 0.486 e. The molecule has 1 fully saturated rings. The summed E-state index contributed by atoms with van der Waals surface area (Å²) in [4.78, 5) is 13.6. The summed E-state index contributed by atoms with van der Waals surface area (Å²) < 4.78 is 34.2. The SMILES string of the molecule is CC(=O)N1CCN(S(=O)(=O)c2cccc3c2OC(C)(C)C3)C(C)(C)C1. The second kappa shape index (κ2) is 5.71. The van der Waals surface area contributed by atoms with Crippen molar-refractivity contribution in [3.63, 3.8) is 0 Å². The van der Waals surface area contributed by atoms with Gasteiger partial charge in [-0.3, -0.25) is 4.79 Å². The van der Waals surface area contributed by atoms with E-state index in [2.05, 4.69) is 0 Å². The van der Waals surface area contributed by atoms with Crippen LogP contribution in [0.4, 0.5) is 0 Å². The van der Waals surface area contributed by atoms with Crippen LogP contribution in [0.3, 0.4) is 0 Å². The number of ether oxygens (including phenoxy) is 1. The highest BCUT2D eigenvalue weighted by molar-refractivity contribution is 7.89. The van der Waals surface area contributed by atoms with Crippen molar-refractivity contribution in [2.45, 2.75) is 57.1 Å². The molecule has 0 aliphatic carbocycles. The quantitative estimate of drug-likeness (QED) is 0.803. The third-order valence-corrected chi connectivity index (χ3v) is 7.03. The standard InChI is InChI=1S/C18H26N2O4S/c1-13(21)19-9-10-20(17(2,3)12-19)25(22,23)15-8-6-7-14-11-18(4,5)24-16(14)15/h6-8H,9-12H2,1-5H3. The summed E-state index contributed by atoms with van der Waals surface area (Å²) in [5.74, 6) is 0.438. The summed E-state index contributed by atoms with van der Waals surface area (Å²) in [5.41, 5.74) is -0.164. The van der Waals surface area contributed by atoms with E-state index in [-0.39, 0.29) is 17.3 Å². The van der Waals surface area contributed by atoms with E-state index in [0.717, 1.165) is 5.56 Å². The van der Waals surface area contributed by atoms with Gasteiger partial charge in [-0.05, 0) is 39.3 Å². The van der Waals surface area contributed by atoms with Gasteiger partial charge in [-0.25, -0.2) is 8.42 Å². The van der Waals surface area contributed by atoms with Crippen LogP contribution >= 0.6 is 0 Å². The van der Waals surface area contributed by atoms with Crippen molar-refractivity contribution in [1.29, 1.82) is 0 Å². The Balaban J connectivity index is 1.99. The molecule has 0 atom stereocenters. The third kappa shape index (κ3) is 3.15. The molecule has 0 radical (unpaired) electrons.